The fraction of sp³-hybridized carbons (Fsp3) is 0.417. The van der Waals surface area contributed by atoms with Gasteiger partial charge in [0.2, 0.25) is 5.82 Å². The minimum absolute atomic E-state index is 0.388. The van der Waals surface area contributed by atoms with E-state index in [0.29, 0.717) is 29.7 Å². The van der Waals surface area contributed by atoms with Gasteiger partial charge in [-0.05, 0) is 19.8 Å². The van der Waals surface area contributed by atoms with Crippen LogP contribution in [0.1, 0.15) is 31.6 Å². The minimum Gasteiger partial charge on any atom is -0.491 e. The summed E-state index contributed by atoms with van der Waals surface area (Å²) in [6.45, 7) is 2.51. The van der Waals surface area contributed by atoms with E-state index < -0.39 is 0 Å². The third kappa shape index (κ3) is 1.53. The SMILES string of the molecule is CCOc1ccnc2c1nc(C#N)n2C1CC1. The molecule has 1 saturated carbocycles. The average Bonchev–Trinajstić information content (AvgIpc) is 3.10. The van der Waals surface area contributed by atoms with Crippen LogP contribution in [0, 0.1) is 11.3 Å². The van der Waals surface area contributed by atoms with Crippen molar-refractivity contribution in [3.8, 4) is 11.8 Å². The maximum Gasteiger partial charge on any atom is 0.215 e. The molecule has 5 heteroatoms. The maximum absolute atomic E-state index is 9.11. The second-order valence-corrected chi connectivity index (χ2v) is 4.06. The van der Waals surface area contributed by atoms with Crippen molar-refractivity contribution >= 4 is 11.2 Å². The molecule has 2 heterocycles. The van der Waals surface area contributed by atoms with Crippen molar-refractivity contribution in [1.82, 2.24) is 14.5 Å². The molecular weight excluding hydrogens is 216 g/mol. The average molecular weight is 228 g/mol. The first-order chi connectivity index (χ1) is 8.35. The Balaban J connectivity index is 2.25. The third-order valence-corrected chi connectivity index (χ3v) is 2.85. The summed E-state index contributed by atoms with van der Waals surface area (Å²) in [7, 11) is 0. The van der Waals surface area contributed by atoms with Gasteiger partial charge in [-0.15, -0.1) is 0 Å². The summed E-state index contributed by atoms with van der Waals surface area (Å²) >= 11 is 0. The van der Waals surface area contributed by atoms with E-state index in [1.807, 2.05) is 11.5 Å². The number of nitriles is 1. The molecule has 0 radical (unpaired) electrons. The predicted molar refractivity (Wildman–Crippen MR) is 61.7 cm³/mol. The van der Waals surface area contributed by atoms with Crippen molar-refractivity contribution < 1.29 is 4.74 Å². The van der Waals surface area contributed by atoms with E-state index in [1.165, 1.54) is 0 Å². The number of rotatable bonds is 3. The summed E-state index contributed by atoms with van der Waals surface area (Å²) in [6.07, 6.45) is 3.90. The van der Waals surface area contributed by atoms with E-state index in [0.717, 1.165) is 18.5 Å². The van der Waals surface area contributed by atoms with Gasteiger partial charge in [0.15, 0.2) is 11.2 Å². The van der Waals surface area contributed by atoms with Crippen molar-refractivity contribution in [3.63, 3.8) is 0 Å². The largest absolute Gasteiger partial charge is 0.491 e. The summed E-state index contributed by atoms with van der Waals surface area (Å²) in [5.74, 6) is 1.13. The molecule has 1 fully saturated rings. The normalized spacial score (nSPS) is 14.8. The molecule has 0 spiro atoms. The zero-order chi connectivity index (χ0) is 11.8. The molecular formula is C12H12N4O. The topological polar surface area (TPSA) is 63.7 Å². The Labute approximate surface area is 98.7 Å². The van der Waals surface area contributed by atoms with E-state index in [1.54, 1.807) is 12.3 Å². The zero-order valence-electron chi connectivity index (χ0n) is 9.55. The summed E-state index contributed by atoms with van der Waals surface area (Å²) < 4.78 is 7.44. The fourth-order valence-corrected chi connectivity index (χ4v) is 2.00. The standard InChI is InChI=1S/C12H12N4O/c1-2-17-9-5-6-14-12-11(9)15-10(7-13)16(12)8-3-4-8/h5-6,8H,2-4H2,1H3. The van der Waals surface area contributed by atoms with Crippen molar-refractivity contribution in [2.45, 2.75) is 25.8 Å². The van der Waals surface area contributed by atoms with E-state index in [-0.39, 0.29) is 0 Å². The van der Waals surface area contributed by atoms with Crippen LogP contribution >= 0.6 is 0 Å². The summed E-state index contributed by atoms with van der Waals surface area (Å²) in [6, 6.07) is 4.31. The maximum atomic E-state index is 9.11. The van der Waals surface area contributed by atoms with Gasteiger partial charge in [-0.1, -0.05) is 0 Å². The molecule has 2 aromatic heterocycles. The highest BCUT2D eigenvalue weighted by Crippen LogP contribution is 2.39. The van der Waals surface area contributed by atoms with Crippen LogP contribution in [0.3, 0.4) is 0 Å². The van der Waals surface area contributed by atoms with Gasteiger partial charge >= 0.3 is 0 Å². The van der Waals surface area contributed by atoms with Crippen molar-refractivity contribution in [2.75, 3.05) is 6.61 Å². The van der Waals surface area contributed by atoms with Crippen LogP contribution in [-0.2, 0) is 0 Å². The van der Waals surface area contributed by atoms with Gasteiger partial charge < -0.3 is 4.74 Å². The van der Waals surface area contributed by atoms with Crippen LogP contribution < -0.4 is 4.74 Å². The quantitative estimate of drug-likeness (QED) is 0.806. The lowest BCUT2D eigenvalue weighted by Crippen LogP contribution is -1.99. The summed E-state index contributed by atoms with van der Waals surface area (Å²) in [5, 5.41) is 9.11. The second-order valence-electron chi connectivity index (χ2n) is 4.06. The van der Waals surface area contributed by atoms with Gasteiger partial charge in [-0.3, -0.25) is 4.57 Å². The zero-order valence-corrected chi connectivity index (χ0v) is 9.55. The molecule has 86 valence electrons. The molecule has 17 heavy (non-hydrogen) atoms. The van der Waals surface area contributed by atoms with Gasteiger partial charge in [0.25, 0.3) is 0 Å². The molecule has 0 aliphatic heterocycles. The van der Waals surface area contributed by atoms with Crippen molar-refractivity contribution in [1.29, 1.82) is 5.26 Å². The molecule has 0 aromatic carbocycles. The van der Waals surface area contributed by atoms with E-state index in [9.17, 15) is 0 Å². The molecule has 3 rings (SSSR count). The molecule has 0 amide bonds. The number of aromatic nitrogens is 3. The number of hydrogen-bond donors (Lipinski definition) is 0. The lowest BCUT2D eigenvalue weighted by atomic mass is 10.4. The first kappa shape index (κ1) is 10.1. The molecule has 5 nitrogen and oxygen atoms in total. The van der Waals surface area contributed by atoms with Crippen molar-refractivity contribution in [3.05, 3.63) is 18.1 Å². The second kappa shape index (κ2) is 3.74. The molecule has 0 unspecified atom stereocenters. The van der Waals surface area contributed by atoms with Gasteiger partial charge in [0.05, 0.1) is 6.61 Å². The van der Waals surface area contributed by atoms with Gasteiger partial charge in [0, 0.05) is 18.3 Å². The number of pyridine rings is 1. The van der Waals surface area contributed by atoms with E-state index in [4.69, 9.17) is 10.00 Å². The van der Waals surface area contributed by atoms with Gasteiger partial charge in [0.1, 0.15) is 11.8 Å². The molecule has 0 saturated heterocycles. The fourth-order valence-electron chi connectivity index (χ4n) is 2.00. The molecule has 1 aliphatic rings. The highest BCUT2D eigenvalue weighted by atomic mass is 16.5. The van der Waals surface area contributed by atoms with E-state index in [2.05, 4.69) is 16.0 Å². The number of fused-ring (bicyclic) bond motifs is 1. The van der Waals surface area contributed by atoms with Crippen LogP contribution in [0.25, 0.3) is 11.2 Å². The number of ether oxygens (including phenoxy) is 1. The smallest absolute Gasteiger partial charge is 0.215 e. The van der Waals surface area contributed by atoms with Crippen LogP contribution in [-0.4, -0.2) is 21.1 Å². The number of imidazole rings is 1. The van der Waals surface area contributed by atoms with Crippen LogP contribution in [0.4, 0.5) is 0 Å². The van der Waals surface area contributed by atoms with Crippen molar-refractivity contribution in [2.24, 2.45) is 0 Å². The molecule has 0 atom stereocenters. The number of hydrogen-bond acceptors (Lipinski definition) is 4. The van der Waals surface area contributed by atoms with Gasteiger partial charge in [-0.2, -0.15) is 5.26 Å². The Kier molecular flexibility index (Phi) is 2.22. The molecule has 0 N–H and O–H groups in total. The first-order valence-electron chi connectivity index (χ1n) is 5.75. The monoisotopic (exact) mass is 228 g/mol. The lowest BCUT2D eigenvalue weighted by Gasteiger charge is -2.04. The third-order valence-electron chi connectivity index (χ3n) is 2.85. The summed E-state index contributed by atoms with van der Waals surface area (Å²) in [5.41, 5.74) is 1.45. The first-order valence-corrected chi connectivity index (χ1v) is 5.75. The molecule has 0 bridgehead atoms. The highest BCUT2D eigenvalue weighted by Gasteiger charge is 2.29. The molecule has 2 aromatic rings. The lowest BCUT2D eigenvalue weighted by molar-refractivity contribution is 0.343. The Hall–Kier alpha value is -2.09. The Bertz CT molecular complexity index is 607. The summed E-state index contributed by atoms with van der Waals surface area (Å²) in [4.78, 5) is 8.65. The highest BCUT2D eigenvalue weighted by molar-refractivity contribution is 5.79. The van der Waals surface area contributed by atoms with Gasteiger partial charge in [-0.25, -0.2) is 9.97 Å². The van der Waals surface area contributed by atoms with E-state index >= 15 is 0 Å². The minimum atomic E-state index is 0.388. The number of nitrogens with zero attached hydrogens (tertiary/aromatic N) is 4. The Morgan fingerprint density at radius 3 is 3.06 bits per heavy atom. The Morgan fingerprint density at radius 1 is 1.59 bits per heavy atom. The Morgan fingerprint density at radius 2 is 2.41 bits per heavy atom. The van der Waals surface area contributed by atoms with Crippen LogP contribution in [0.15, 0.2) is 12.3 Å². The predicted octanol–water partition coefficient (Wildman–Crippen LogP) is 2.04. The van der Waals surface area contributed by atoms with Crippen LogP contribution in [0.2, 0.25) is 0 Å². The molecule has 1 aliphatic carbocycles. The van der Waals surface area contributed by atoms with Crippen LogP contribution in [0.5, 0.6) is 5.75 Å².